The minimum Gasteiger partial charge on any atom is -0.508 e. The van der Waals surface area contributed by atoms with Crippen molar-refractivity contribution in [2.75, 3.05) is 26.2 Å². The number of nitrogens with one attached hydrogen (secondary N) is 2. The van der Waals surface area contributed by atoms with Gasteiger partial charge in [0.15, 0.2) is 0 Å². The van der Waals surface area contributed by atoms with Gasteiger partial charge in [-0.1, -0.05) is 0 Å². The summed E-state index contributed by atoms with van der Waals surface area (Å²) in [4.78, 5) is 11.7. The molecular weight excluding hydrogens is 220 g/mol. The molecule has 5 heteroatoms. The fraction of sp³-hybridized carbons (Fsp3) is 0.417. The molecule has 1 aromatic carbocycles. The summed E-state index contributed by atoms with van der Waals surface area (Å²) in [5, 5.41) is 15.1. The number of hydrogen-bond donors (Lipinski definition) is 3. The van der Waals surface area contributed by atoms with E-state index in [1.807, 2.05) is 0 Å². The summed E-state index contributed by atoms with van der Waals surface area (Å²) in [5.74, 6) is 0.000498. The molecule has 92 valence electrons. The lowest BCUT2D eigenvalue weighted by Gasteiger charge is -2.23. The zero-order valence-electron chi connectivity index (χ0n) is 9.48. The Kier molecular flexibility index (Phi) is 3.95. The van der Waals surface area contributed by atoms with Gasteiger partial charge in [-0.05, 0) is 24.3 Å². The Bertz CT molecular complexity index is 372. The maximum atomic E-state index is 11.7. The van der Waals surface area contributed by atoms with E-state index < -0.39 is 0 Å². The summed E-state index contributed by atoms with van der Waals surface area (Å²) in [7, 11) is 0. The van der Waals surface area contributed by atoms with Crippen LogP contribution in [0.2, 0.25) is 0 Å². The predicted molar refractivity (Wildman–Crippen MR) is 63.0 cm³/mol. The predicted octanol–water partition coefficient (Wildman–Crippen LogP) is 0.110. The Labute approximate surface area is 99.8 Å². The zero-order chi connectivity index (χ0) is 12.1. The van der Waals surface area contributed by atoms with Crippen LogP contribution in [0.1, 0.15) is 10.4 Å². The number of carbonyl (C=O) groups excluding carboxylic acids is 1. The van der Waals surface area contributed by atoms with Gasteiger partial charge >= 0.3 is 0 Å². The van der Waals surface area contributed by atoms with E-state index in [4.69, 9.17) is 9.84 Å². The van der Waals surface area contributed by atoms with E-state index in [0.29, 0.717) is 18.7 Å². The minimum absolute atomic E-state index is 0.0322. The van der Waals surface area contributed by atoms with Crippen LogP contribution in [0.5, 0.6) is 5.75 Å². The summed E-state index contributed by atoms with van der Waals surface area (Å²) in [6, 6.07) is 6.16. The second-order valence-electron chi connectivity index (χ2n) is 3.95. The van der Waals surface area contributed by atoms with E-state index in [1.54, 1.807) is 12.1 Å². The maximum absolute atomic E-state index is 11.7. The summed E-state index contributed by atoms with van der Waals surface area (Å²) < 4.78 is 5.47. The van der Waals surface area contributed by atoms with Crippen molar-refractivity contribution in [2.24, 2.45) is 0 Å². The molecule has 1 aliphatic heterocycles. The molecule has 1 fully saturated rings. The van der Waals surface area contributed by atoms with Gasteiger partial charge in [-0.25, -0.2) is 0 Å². The first-order valence-corrected chi connectivity index (χ1v) is 5.65. The molecule has 1 aliphatic rings. The fourth-order valence-electron chi connectivity index (χ4n) is 1.67. The Hall–Kier alpha value is -1.59. The van der Waals surface area contributed by atoms with E-state index in [-0.39, 0.29) is 17.8 Å². The van der Waals surface area contributed by atoms with E-state index >= 15 is 0 Å². The van der Waals surface area contributed by atoms with Gasteiger partial charge in [0.25, 0.3) is 5.91 Å². The average Bonchev–Trinajstić information content (AvgIpc) is 2.38. The number of ether oxygens (including phenoxy) is 1. The normalized spacial score (nSPS) is 19.9. The minimum atomic E-state index is -0.154. The monoisotopic (exact) mass is 236 g/mol. The van der Waals surface area contributed by atoms with Crippen molar-refractivity contribution in [1.82, 2.24) is 10.6 Å². The molecule has 1 unspecified atom stereocenters. The molecule has 2 rings (SSSR count). The van der Waals surface area contributed by atoms with Crippen LogP contribution >= 0.6 is 0 Å². The van der Waals surface area contributed by atoms with Crippen molar-refractivity contribution in [2.45, 2.75) is 6.10 Å². The lowest BCUT2D eigenvalue weighted by atomic mass is 10.2. The van der Waals surface area contributed by atoms with Crippen molar-refractivity contribution in [3.8, 4) is 5.75 Å². The SMILES string of the molecule is O=C(NCC1CNCCO1)c1ccc(O)cc1. The second-order valence-corrected chi connectivity index (χ2v) is 3.95. The van der Waals surface area contributed by atoms with Gasteiger partial charge in [0.1, 0.15) is 5.75 Å². The van der Waals surface area contributed by atoms with Crippen LogP contribution in [-0.4, -0.2) is 43.4 Å². The molecule has 3 N–H and O–H groups in total. The van der Waals surface area contributed by atoms with Crippen molar-refractivity contribution >= 4 is 5.91 Å². The average molecular weight is 236 g/mol. The molecular formula is C12H16N2O3. The number of phenolic OH excluding ortho intramolecular Hbond substituents is 1. The standard InChI is InChI=1S/C12H16N2O3/c15-10-3-1-9(2-4-10)12(16)14-8-11-7-13-5-6-17-11/h1-4,11,13,15H,5-8H2,(H,14,16). The van der Waals surface area contributed by atoms with E-state index in [9.17, 15) is 4.79 Å². The molecule has 1 aromatic rings. The molecule has 0 aliphatic carbocycles. The first-order chi connectivity index (χ1) is 8.25. The zero-order valence-corrected chi connectivity index (χ0v) is 9.48. The Balaban J connectivity index is 1.82. The fourth-order valence-corrected chi connectivity index (χ4v) is 1.67. The van der Waals surface area contributed by atoms with Crippen LogP contribution in [0.4, 0.5) is 0 Å². The van der Waals surface area contributed by atoms with Crippen molar-refractivity contribution in [3.05, 3.63) is 29.8 Å². The number of carbonyl (C=O) groups is 1. The molecule has 0 bridgehead atoms. The van der Waals surface area contributed by atoms with Gasteiger partial charge in [-0.15, -0.1) is 0 Å². The van der Waals surface area contributed by atoms with E-state index in [1.165, 1.54) is 12.1 Å². The van der Waals surface area contributed by atoms with Crippen molar-refractivity contribution < 1.29 is 14.6 Å². The van der Waals surface area contributed by atoms with Crippen molar-refractivity contribution in [1.29, 1.82) is 0 Å². The molecule has 1 saturated heterocycles. The number of rotatable bonds is 3. The molecule has 17 heavy (non-hydrogen) atoms. The van der Waals surface area contributed by atoms with Gasteiger partial charge < -0.3 is 20.5 Å². The topological polar surface area (TPSA) is 70.6 Å². The van der Waals surface area contributed by atoms with Crippen LogP contribution in [0, 0.1) is 0 Å². The number of benzene rings is 1. The van der Waals surface area contributed by atoms with Crippen LogP contribution in [0.15, 0.2) is 24.3 Å². The Morgan fingerprint density at radius 2 is 2.24 bits per heavy atom. The van der Waals surface area contributed by atoms with E-state index in [0.717, 1.165) is 13.1 Å². The number of amides is 1. The molecule has 1 atom stereocenters. The van der Waals surface area contributed by atoms with Gasteiger partial charge in [0, 0.05) is 25.2 Å². The smallest absolute Gasteiger partial charge is 0.251 e. The van der Waals surface area contributed by atoms with Crippen LogP contribution in [0.3, 0.4) is 0 Å². The maximum Gasteiger partial charge on any atom is 0.251 e. The largest absolute Gasteiger partial charge is 0.508 e. The number of phenols is 1. The Morgan fingerprint density at radius 1 is 1.47 bits per heavy atom. The lowest BCUT2D eigenvalue weighted by molar-refractivity contribution is 0.0287. The molecule has 0 saturated carbocycles. The van der Waals surface area contributed by atoms with Gasteiger partial charge in [0.05, 0.1) is 12.7 Å². The van der Waals surface area contributed by atoms with Crippen LogP contribution in [-0.2, 0) is 4.74 Å². The molecule has 1 heterocycles. The number of hydrogen-bond acceptors (Lipinski definition) is 4. The van der Waals surface area contributed by atoms with E-state index in [2.05, 4.69) is 10.6 Å². The van der Waals surface area contributed by atoms with Crippen molar-refractivity contribution in [3.63, 3.8) is 0 Å². The number of aromatic hydroxyl groups is 1. The highest BCUT2D eigenvalue weighted by atomic mass is 16.5. The highest BCUT2D eigenvalue weighted by molar-refractivity contribution is 5.94. The third-order valence-electron chi connectivity index (χ3n) is 2.62. The molecule has 5 nitrogen and oxygen atoms in total. The van der Waals surface area contributed by atoms with Crippen LogP contribution in [0.25, 0.3) is 0 Å². The quantitative estimate of drug-likeness (QED) is 0.696. The molecule has 0 aromatic heterocycles. The molecule has 0 radical (unpaired) electrons. The summed E-state index contributed by atoms with van der Waals surface area (Å²) >= 11 is 0. The summed E-state index contributed by atoms with van der Waals surface area (Å²) in [6.07, 6.45) is 0.0322. The summed E-state index contributed by atoms with van der Waals surface area (Å²) in [5.41, 5.74) is 0.534. The first-order valence-electron chi connectivity index (χ1n) is 5.65. The highest BCUT2D eigenvalue weighted by Crippen LogP contribution is 2.09. The van der Waals surface area contributed by atoms with Gasteiger partial charge in [0.2, 0.25) is 0 Å². The van der Waals surface area contributed by atoms with Gasteiger partial charge in [-0.2, -0.15) is 0 Å². The molecule has 1 amide bonds. The number of morpholine rings is 1. The lowest BCUT2D eigenvalue weighted by Crippen LogP contribution is -2.45. The van der Waals surface area contributed by atoms with Crippen LogP contribution < -0.4 is 10.6 Å². The summed E-state index contributed by atoms with van der Waals surface area (Å²) in [6.45, 7) is 2.80. The Morgan fingerprint density at radius 3 is 2.88 bits per heavy atom. The second kappa shape index (κ2) is 5.65. The first kappa shape index (κ1) is 11.9. The van der Waals surface area contributed by atoms with Gasteiger partial charge in [-0.3, -0.25) is 4.79 Å². The highest BCUT2D eigenvalue weighted by Gasteiger charge is 2.14. The third kappa shape index (κ3) is 3.44. The third-order valence-corrected chi connectivity index (χ3v) is 2.62. The molecule has 0 spiro atoms.